The number of anilines is 1. The molecule has 0 aromatic heterocycles. The predicted octanol–water partition coefficient (Wildman–Crippen LogP) is 5.13. The summed E-state index contributed by atoms with van der Waals surface area (Å²) in [7, 11) is 5.53. The monoisotopic (exact) mass is 696 g/mol. The lowest BCUT2D eigenvalue weighted by atomic mass is 9.45. The molecule has 3 aromatic rings. The Morgan fingerprint density at radius 1 is 1.06 bits per heavy atom. The molecule has 2 bridgehead atoms. The fraction of sp³-hybridized carbons (Fsp3) is 0.524. The molecule has 274 valence electrons. The number of ether oxygens (including phenoxy) is 1. The summed E-state index contributed by atoms with van der Waals surface area (Å²) in [6, 6.07) is 21.2. The van der Waals surface area contributed by atoms with Crippen LogP contribution in [0.4, 0.5) is 5.69 Å². The van der Waals surface area contributed by atoms with E-state index in [9.17, 15) is 19.8 Å². The first-order chi connectivity index (χ1) is 24.3. The van der Waals surface area contributed by atoms with Crippen molar-refractivity contribution in [3.63, 3.8) is 0 Å². The second-order valence-electron chi connectivity index (χ2n) is 16.0. The van der Waals surface area contributed by atoms with E-state index in [1.54, 1.807) is 14.0 Å². The highest BCUT2D eigenvalue weighted by molar-refractivity contribution is 5.97. The van der Waals surface area contributed by atoms with Gasteiger partial charge in [0.1, 0.15) is 5.75 Å². The fourth-order valence-corrected chi connectivity index (χ4v) is 9.25. The molecule has 3 saturated carbocycles. The SMILES string of the molecule is COc1c(CN2C[C@H](O)[C@@H]([C@H](C)O)[C@H]2C(=O)N[C@@H]2C[C@H]3C[C@@H]([C@@H]2C)C3(C)C)cccc1-c1cc(C(=O)NCCc2ccccc2)cc(N(C)C)c1. The number of nitrogens with zero attached hydrogens (tertiary/aromatic N) is 2. The molecule has 3 aliphatic carbocycles. The lowest BCUT2D eigenvalue weighted by molar-refractivity contribution is -0.139. The first-order valence-electron chi connectivity index (χ1n) is 18.5. The number of aliphatic hydroxyl groups is 2. The number of methoxy groups -OCH3 is 1. The molecule has 4 fully saturated rings. The molecule has 1 heterocycles. The van der Waals surface area contributed by atoms with Crippen molar-refractivity contribution in [1.29, 1.82) is 0 Å². The van der Waals surface area contributed by atoms with Crippen LogP contribution in [0.3, 0.4) is 0 Å². The summed E-state index contributed by atoms with van der Waals surface area (Å²) in [5.41, 5.74) is 5.40. The van der Waals surface area contributed by atoms with Crippen molar-refractivity contribution in [2.24, 2.45) is 29.1 Å². The molecule has 9 heteroatoms. The number of fused-ring (bicyclic) bond motifs is 2. The third kappa shape index (κ3) is 7.39. The Morgan fingerprint density at radius 2 is 1.80 bits per heavy atom. The molecular formula is C42H56N4O5. The Kier molecular flexibility index (Phi) is 10.8. The summed E-state index contributed by atoms with van der Waals surface area (Å²) in [5, 5.41) is 28.5. The molecular weight excluding hydrogens is 640 g/mol. The van der Waals surface area contributed by atoms with E-state index in [0.29, 0.717) is 47.6 Å². The minimum Gasteiger partial charge on any atom is -0.496 e. The fourth-order valence-electron chi connectivity index (χ4n) is 9.25. The number of amides is 2. The molecule has 8 atom stereocenters. The maximum atomic E-state index is 14.2. The highest BCUT2D eigenvalue weighted by atomic mass is 16.5. The van der Waals surface area contributed by atoms with E-state index in [-0.39, 0.29) is 24.4 Å². The molecule has 2 amide bonds. The average molecular weight is 697 g/mol. The molecule has 1 aliphatic heterocycles. The van der Waals surface area contributed by atoms with Gasteiger partial charge in [0.05, 0.1) is 25.4 Å². The van der Waals surface area contributed by atoms with E-state index in [4.69, 9.17) is 4.74 Å². The topological polar surface area (TPSA) is 114 Å². The third-order valence-corrected chi connectivity index (χ3v) is 12.4. The number of aliphatic hydroxyl groups excluding tert-OH is 2. The molecule has 4 aliphatic rings. The first-order valence-corrected chi connectivity index (χ1v) is 18.5. The Hall–Kier alpha value is -3.92. The largest absolute Gasteiger partial charge is 0.496 e. The number of nitrogens with one attached hydrogen (secondary N) is 2. The Morgan fingerprint density at radius 3 is 2.45 bits per heavy atom. The molecule has 51 heavy (non-hydrogen) atoms. The Balaban J connectivity index is 1.25. The van der Waals surface area contributed by atoms with E-state index < -0.39 is 24.2 Å². The molecule has 1 saturated heterocycles. The van der Waals surface area contributed by atoms with E-state index in [1.165, 1.54) is 6.42 Å². The van der Waals surface area contributed by atoms with Crippen molar-refractivity contribution in [1.82, 2.24) is 15.5 Å². The summed E-state index contributed by atoms with van der Waals surface area (Å²) < 4.78 is 6.07. The molecule has 3 aromatic carbocycles. The Bertz CT molecular complexity index is 1710. The summed E-state index contributed by atoms with van der Waals surface area (Å²) >= 11 is 0. The summed E-state index contributed by atoms with van der Waals surface area (Å²) in [4.78, 5) is 31.5. The number of carbonyl (C=O) groups excluding carboxylic acids is 2. The van der Waals surface area contributed by atoms with Crippen LogP contribution in [-0.2, 0) is 17.8 Å². The van der Waals surface area contributed by atoms with Gasteiger partial charge in [-0.1, -0.05) is 69.3 Å². The zero-order valence-electron chi connectivity index (χ0n) is 31.2. The predicted molar refractivity (Wildman–Crippen MR) is 202 cm³/mol. The van der Waals surface area contributed by atoms with Crippen LogP contribution >= 0.6 is 0 Å². The van der Waals surface area contributed by atoms with Crippen LogP contribution in [0.15, 0.2) is 66.7 Å². The number of para-hydroxylation sites is 1. The van der Waals surface area contributed by atoms with Gasteiger partial charge < -0.3 is 30.5 Å². The minimum absolute atomic E-state index is 0.0788. The highest BCUT2D eigenvalue weighted by Crippen LogP contribution is 2.61. The van der Waals surface area contributed by atoms with Crippen molar-refractivity contribution < 1.29 is 24.5 Å². The van der Waals surface area contributed by atoms with E-state index in [2.05, 4.69) is 43.5 Å². The van der Waals surface area contributed by atoms with Gasteiger partial charge in [0, 0.05) is 68.1 Å². The zero-order valence-corrected chi connectivity index (χ0v) is 31.2. The average Bonchev–Trinajstić information content (AvgIpc) is 3.44. The van der Waals surface area contributed by atoms with Crippen molar-refractivity contribution in [3.05, 3.63) is 83.4 Å². The van der Waals surface area contributed by atoms with Crippen LogP contribution in [0.5, 0.6) is 5.75 Å². The lowest BCUT2D eigenvalue weighted by Crippen LogP contribution is -2.62. The highest BCUT2D eigenvalue weighted by Gasteiger charge is 2.57. The van der Waals surface area contributed by atoms with E-state index in [0.717, 1.165) is 40.8 Å². The van der Waals surface area contributed by atoms with Gasteiger partial charge in [-0.2, -0.15) is 0 Å². The van der Waals surface area contributed by atoms with E-state index >= 15 is 0 Å². The van der Waals surface area contributed by atoms with Gasteiger partial charge in [-0.25, -0.2) is 0 Å². The van der Waals surface area contributed by atoms with Gasteiger partial charge in [0.15, 0.2) is 0 Å². The van der Waals surface area contributed by atoms with Crippen LogP contribution in [0.1, 0.15) is 62.0 Å². The van der Waals surface area contributed by atoms with Gasteiger partial charge in [-0.3, -0.25) is 14.5 Å². The number of benzene rings is 3. The number of carbonyl (C=O) groups is 2. The van der Waals surface area contributed by atoms with E-state index in [1.807, 2.05) is 78.5 Å². The molecule has 7 rings (SSSR count). The number of β-amino-alcohol motifs (C(OH)–C–C–N with tert-alkyl or cyclic N) is 1. The smallest absolute Gasteiger partial charge is 0.251 e. The third-order valence-electron chi connectivity index (χ3n) is 12.4. The maximum Gasteiger partial charge on any atom is 0.251 e. The standard InChI is InChI=1S/C42H56N4O5/c1-25-34-21-31(42(34,3)4)22-35(25)44-41(50)38-37(26(2)47)36(48)24-46(38)23-28-14-11-15-33(39(28)51-7)29-18-30(20-32(19-29)45(5)6)40(49)43-17-16-27-12-9-8-10-13-27/h8-15,18-20,25-26,31,34-38,47-48H,16-17,21-24H2,1-7H3,(H,43,49)(H,44,50)/t25-,26-,31+,34-,35+,36-,37+,38-/m0/s1. The van der Waals surface area contributed by atoms with Gasteiger partial charge in [0.25, 0.3) is 5.91 Å². The van der Waals surface area contributed by atoms with Crippen molar-refractivity contribution >= 4 is 17.5 Å². The maximum absolute atomic E-state index is 14.2. The van der Waals surface area contributed by atoms with Crippen LogP contribution in [0, 0.1) is 29.1 Å². The number of rotatable bonds is 12. The quantitative estimate of drug-likeness (QED) is 0.208. The van der Waals surface area contributed by atoms with Crippen LogP contribution in [-0.4, -0.2) is 85.5 Å². The number of likely N-dealkylation sites (tertiary alicyclic amines) is 1. The van der Waals surface area contributed by atoms with Crippen LogP contribution < -0.4 is 20.3 Å². The zero-order chi connectivity index (χ0) is 36.6. The summed E-state index contributed by atoms with van der Waals surface area (Å²) in [6.07, 6.45) is 1.20. The summed E-state index contributed by atoms with van der Waals surface area (Å²) in [5.74, 6) is 1.28. The molecule has 4 N–H and O–H groups in total. The van der Waals surface area contributed by atoms with Gasteiger partial charge in [-0.05, 0) is 78.7 Å². The number of hydrogen-bond acceptors (Lipinski definition) is 7. The van der Waals surface area contributed by atoms with Crippen molar-refractivity contribution in [3.8, 4) is 16.9 Å². The minimum atomic E-state index is -0.865. The van der Waals surface area contributed by atoms with Gasteiger partial charge in [0.2, 0.25) is 5.91 Å². The molecule has 0 spiro atoms. The van der Waals surface area contributed by atoms with Crippen molar-refractivity contribution in [2.45, 2.75) is 77.8 Å². The summed E-state index contributed by atoms with van der Waals surface area (Å²) in [6.45, 7) is 9.72. The van der Waals surface area contributed by atoms with Crippen LogP contribution in [0.2, 0.25) is 0 Å². The lowest BCUT2D eigenvalue weighted by Gasteiger charge is -2.62. The number of hydrogen-bond donors (Lipinski definition) is 4. The normalized spacial score (nSPS) is 27.3. The van der Waals surface area contributed by atoms with Gasteiger partial charge >= 0.3 is 0 Å². The second kappa shape index (κ2) is 15.0. The van der Waals surface area contributed by atoms with Crippen LogP contribution in [0.25, 0.3) is 11.1 Å². The molecule has 0 radical (unpaired) electrons. The van der Waals surface area contributed by atoms with Crippen molar-refractivity contribution in [2.75, 3.05) is 39.2 Å². The second-order valence-corrected chi connectivity index (χ2v) is 16.0. The Labute approximate surface area is 303 Å². The molecule has 9 nitrogen and oxygen atoms in total. The molecule has 0 unspecified atom stereocenters. The van der Waals surface area contributed by atoms with Gasteiger partial charge in [-0.15, -0.1) is 0 Å². The first kappa shape index (κ1) is 36.9.